The molecule has 0 aliphatic carbocycles. The van der Waals surface area contributed by atoms with Crippen LogP contribution in [0.15, 0.2) is 0 Å². The SMILES string of the molecule is CCc1nn(C)c(C(=O)N2CCN(C)C(C)C2)c1N. The Balaban J connectivity index is 2.23. The molecule has 1 aromatic heterocycles. The Morgan fingerprint density at radius 3 is 2.63 bits per heavy atom. The zero-order valence-electron chi connectivity index (χ0n) is 12.2. The molecule has 2 N–H and O–H groups in total. The number of anilines is 1. The van der Waals surface area contributed by atoms with Crippen LogP contribution < -0.4 is 5.73 Å². The third-order valence-electron chi connectivity index (χ3n) is 3.94. The van der Waals surface area contributed by atoms with Crippen molar-refractivity contribution < 1.29 is 4.79 Å². The fraction of sp³-hybridized carbons (Fsp3) is 0.692. The Bertz CT molecular complexity index is 482. The standard InChI is InChI=1S/C13H23N5O/c1-5-10-11(14)12(17(4)15-10)13(19)18-7-6-16(3)9(2)8-18/h9H,5-8,14H2,1-4H3. The van der Waals surface area contributed by atoms with Gasteiger partial charge < -0.3 is 15.5 Å². The summed E-state index contributed by atoms with van der Waals surface area (Å²) in [5.41, 5.74) is 7.89. The molecule has 1 fully saturated rings. The minimum atomic E-state index is -0.00727. The first kappa shape index (κ1) is 13.9. The van der Waals surface area contributed by atoms with Crippen LogP contribution in [0.2, 0.25) is 0 Å². The van der Waals surface area contributed by atoms with Gasteiger partial charge in [-0.05, 0) is 20.4 Å². The maximum absolute atomic E-state index is 12.6. The van der Waals surface area contributed by atoms with Gasteiger partial charge in [0, 0.05) is 32.7 Å². The molecule has 0 aromatic carbocycles. The molecule has 106 valence electrons. The minimum absolute atomic E-state index is 0.00727. The van der Waals surface area contributed by atoms with E-state index < -0.39 is 0 Å². The van der Waals surface area contributed by atoms with Crippen molar-refractivity contribution in [3.8, 4) is 0 Å². The molecule has 6 heteroatoms. The number of nitrogen functional groups attached to an aromatic ring is 1. The molecule has 1 aromatic rings. The van der Waals surface area contributed by atoms with Gasteiger partial charge in [-0.2, -0.15) is 5.10 Å². The van der Waals surface area contributed by atoms with Crippen LogP contribution in [0.5, 0.6) is 0 Å². The van der Waals surface area contributed by atoms with Gasteiger partial charge in [0.25, 0.3) is 5.91 Å². The van der Waals surface area contributed by atoms with E-state index in [1.165, 1.54) is 0 Å². The van der Waals surface area contributed by atoms with Gasteiger partial charge >= 0.3 is 0 Å². The lowest BCUT2D eigenvalue weighted by Crippen LogP contribution is -2.52. The summed E-state index contributed by atoms with van der Waals surface area (Å²) in [6, 6.07) is 0.373. The average molecular weight is 265 g/mol. The van der Waals surface area contributed by atoms with E-state index in [2.05, 4.69) is 24.0 Å². The highest BCUT2D eigenvalue weighted by atomic mass is 16.2. The van der Waals surface area contributed by atoms with Gasteiger partial charge in [0.15, 0.2) is 0 Å². The van der Waals surface area contributed by atoms with E-state index in [0.717, 1.165) is 31.7 Å². The van der Waals surface area contributed by atoms with E-state index in [1.54, 1.807) is 11.7 Å². The molecule has 0 bridgehead atoms. The van der Waals surface area contributed by atoms with Crippen LogP contribution in [0, 0.1) is 0 Å². The average Bonchev–Trinajstić information content (AvgIpc) is 2.67. The molecule has 1 atom stereocenters. The molecule has 1 unspecified atom stereocenters. The van der Waals surface area contributed by atoms with Crippen molar-refractivity contribution in [3.05, 3.63) is 11.4 Å². The number of piperazine rings is 1. The zero-order valence-corrected chi connectivity index (χ0v) is 12.2. The molecule has 0 spiro atoms. The van der Waals surface area contributed by atoms with E-state index >= 15 is 0 Å². The summed E-state index contributed by atoms with van der Waals surface area (Å²) >= 11 is 0. The van der Waals surface area contributed by atoms with Crippen LogP contribution in [-0.4, -0.2) is 58.2 Å². The Labute approximate surface area is 114 Å². The third kappa shape index (κ3) is 2.45. The molecule has 2 heterocycles. The second kappa shape index (κ2) is 5.21. The number of aryl methyl sites for hydroxylation is 2. The highest BCUT2D eigenvalue weighted by Crippen LogP contribution is 2.20. The van der Waals surface area contributed by atoms with Crippen LogP contribution >= 0.6 is 0 Å². The molecule has 0 radical (unpaired) electrons. The van der Waals surface area contributed by atoms with Gasteiger partial charge in [-0.15, -0.1) is 0 Å². The minimum Gasteiger partial charge on any atom is -0.395 e. The van der Waals surface area contributed by atoms with E-state index in [0.29, 0.717) is 17.4 Å². The summed E-state index contributed by atoms with van der Waals surface area (Å²) in [6.45, 7) is 6.49. The molecule has 2 rings (SSSR count). The molecule has 1 aliphatic rings. The largest absolute Gasteiger partial charge is 0.395 e. The van der Waals surface area contributed by atoms with Crippen molar-refractivity contribution >= 4 is 11.6 Å². The molecule has 6 nitrogen and oxygen atoms in total. The van der Waals surface area contributed by atoms with Gasteiger partial charge in [0.05, 0.1) is 11.4 Å². The number of hydrogen-bond acceptors (Lipinski definition) is 4. The lowest BCUT2D eigenvalue weighted by molar-refractivity contribution is 0.0563. The number of hydrogen-bond donors (Lipinski definition) is 1. The van der Waals surface area contributed by atoms with E-state index in [4.69, 9.17) is 5.73 Å². The summed E-state index contributed by atoms with van der Waals surface area (Å²) in [5.74, 6) is -0.00727. The highest BCUT2D eigenvalue weighted by Gasteiger charge is 2.29. The van der Waals surface area contributed by atoms with Crippen molar-refractivity contribution in [1.29, 1.82) is 0 Å². The highest BCUT2D eigenvalue weighted by molar-refractivity contribution is 5.98. The van der Waals surface area contributed by atoms with Crippen LogP contribution in [0.25, 0.3) is 0 Å². The molecule has 0 saturated carbocycles. The van der Waals surface area contributed by atoms with Crippen molar-refractivity contribution in [2.75, 3.05) is 32.4 Å². The Kier molecular flexibility index (Phi) is 3.80. The number of nitrogens with two attached hydrogens (primary N) is 1. The monoisotopic (exact) mass is 265 g/mol. The van der Waals surface area contributed by atoms with Gasteiger partial charge in [0.2, 0.25) is 0 Å². The predicted octanol–water partition coefficient (Wildman–Crippen LogP) is 0.341. The van der Waals surface area contributed by atoms with Gasteiger partial charge in [-0.1, -0.05) is 6.92 Å². The van der Waals surface area contributed by atoms with Crippen molar-refractivity contribution in [1.82, 2.24) is 19.6 Å². The zero-order chi connectivity index (χ0) is 14.2. The Morgan fingerprint density at radius 1 is 1.42 bits per heavy atom. The topological polar surface area (TPSA) is 67.4 Å². The normalized spacial score (nSPS) is 20.8. The number of carbonyl (C=O) groups is 1. The van der Waals surface area contributed by atoms with Crippen LogP contribution in [0.3, 0.4) is 0 Å². The van der Waals surface area contributed by atoms with Gasteiger partial charge in [-0.3, -0.25) is 9.48 Å². The third-order valence-corrected chi connectivity index (χ3v) is 3.94. The maximum atomic E-state index is 12.6. The second-order valence-electron chi connectivity index (χ2n) is 5.27. The lowest BCUT2D eigenvalue weighted by Gasteiger charge is -2.37. The number of likely N-dealkylation sites (N-methyl/N-ethyl adjacent to an activating group) is 1. The van der Waals surface area contributed by atoms with Crippen LogP contribution in [0.4, 0.5) is 5.69 Å². The molecular weight excluding hydrogens is 242 g/mol. The number of nitrogens with zero attached hydrogens (tertiary/aromatic N) is 4. The van der Waals surface area contributed by atoms with Crippen LogP contribution in [0.1, 0.15) is 30.0 Å². The number of rotatable bonds is 2. The number of carbonyl (C=O) groups excluding carboxylic acids is 1. The summed E-state index contributed by atoms with van der Waals surface area (Å²) < 4.78 is 1.61. The summed E-state index contributed by atoms with van der Waals surface area (Å²) in [4.78, 5) is 16.7. The van der Waals surface area contributed by atoms with E-state index in [9.17, 15) is 4.79 Å². The fourth-order valence-electron chi connectivity index (χ4n) is 2.49. The van der Waals surface area contributed by atoms with Crippen molar-refractivity contribution in [2.24, 2.45) is 7.05 Å². The van der Waals surface area contributed by atoms with Gasteiger partial charge in [0.1, 0.15) is 5.69 Å². The van der Waals surface area contributed by atoms with Crippen molar-refractivity contribution in [3.63, 3.8) is 0 Å². The molecule has 1 amide bonds. The smallest absolute Gasteiger partial charge is 0.274 e. The maximum Gasteiger partial charge on any atom is 0.274 e. The molecule has 1 saturated heterocycles. The predicted molar refractivity (Wildman–Crippen MR) is 75.0 cm³/mol. The van der Waals surface area contributed by atoms with Gasteiger partial charge in [-0.25, -0.2) is 0 Å². The van der Waals surface area contributed by atoms with Crippen LogP contribution in [-0.2, 0) is 13.5 Å². The number of aromatic nitrogens is 2. The summed E-state index contributed by atoms with van der Waals surface area (Å²) in [7, 11) is 3.86. The first-order valence-corrected chi connectivity index (χ1v) is 6.76. The Hall–Kier alpha value is -1.56. The summed E-state index contributed by atoms with van der Waals surface area (Å²) in [5, 5.41) is 4.31. The van der Waals surface area contributed by atoms with E-state index in [-0.39, 0.29) is 5.91 Å². The lowest BCUT2D eigenvalue weighted by atomic mass is 10.1. The molecular formula is C13H23N5O. The number of amides is 1. The summed E-state index contributed by atoms with van der Waals surface area (Å²) in [6.07, 6.45) is 0.742. The Morgan fingerprint density at radius 2 is 2.11 bits per heavy atom. The molecule has 1 aliphatic heterocycles. The first-order valence-electron chi connectivity index (χ1n) is 6.76. The first-order chi connectivity index (χ1) is 8.95. The van der Waals surface area contributed by atoms with Crippen molar-refractivity contribution in [2.45, 2.75) is 26.3 Å². The fourth-order valence-corrected chi connectivity index (χ4v) is 2.49. The quantitative estimate of drug-likeness (QED) is 0.837. The molecule has 19 heavy (non-hydrogen) atoms. The second-order valence-corrected chi connectivity index (χ2v) is 5.27. The van der Waals surface area contributed by atoms with E-state index in [1.807, 2.05) is 11.8 Å².